The second-order valence-electron chi connectivity index (χ2n) is 4.83. The Labute approximate surface area is 137 Å². The van der Waals surface area contributed by atoms with E-state index < -0.39 is 0 Å². The van der Waals surface area contributed by atoms with Crippen LogP contribution in [0.3, 0.4) is 0 Å². The third-order valence-corrected chi connectivity index (χ3v) is 3.63. The molecule has 0 aliphatic carbocycles. The van der Waals surface area contributed by atoms with E-state index in [1.807, 2.05) is 24.3 Å². The maximum absolute atomic E-state index is 9.76. The molecule has 3 aromatic rings. The SMILES string of the molecule is COc1cc(/C=C(\C#N)c2nc3ccccc3[nH]2)cc(Cl)c1O. The maximum atomic E-state index is 9.76. The zero-order chi connectivity index (χ0) is 16.4. The van der Waals surface area contributed by atoms with Crippen molar-refractivity contribution in [2.45, 2.75) is 0 Å². The van der Waals surface area contributed by atoms with Crippen LogP contribution >= 0.6 is 11.6 Å². The molecular formula is C17H12ClN3O2. The lowest BCUT2D eigenvalue weighted by molar-refractivity contribution is 0.373. The molecule has 0 unspecified atom stereocenters. The molecule has 0 bridgehead atoms. The number of benzene rings is 2. The minimum Gasteiger partial charge on any atom is -0.503 e. The predicted octanol–water partition coefficient (Wildman–Crippen LogP) is 3.99. The Balaban J connectivity index is 2.09. The van der Waals surface area contributed by atoms with Gasteiger partial charge < -0.3 is 14.8 Å². The van der Waals surface area contributed by atoms with Crippen molar-refractivity contribution in [3.05, 3.63) is 52.8 Å². The van der Waals surface area contributed by atoms with Gasteiger partial charge in [0.1, 0.15) is 11.9 Å². The van der Waals surface area contributed by atoms with Crippen LogP contribution in [0.1, 0.15) is 11.4 Å². The van der Waals surface area contributed by atoms with Gasteiger partial charge in [-0.05, 0) is 35.9 Å². The van der Waals surface area contributed by atoms with E-state index >= 15 is 0 Å². The largest absolute Gasteiger partial charge is 0.503 e. The van der Waals surface area contributed by atoms with Crippen molar-refractivity contribution in [2.75, 3.05) is 7.11 Å². The highest BCUT2D eigenvalue weighted by Gasteiger charge is 2.11. The molecule has 1 aromatic heterocycles. The number of nitrogens with zero attached hydrogens (tertiary/aromatic N) is 2. The van der Waals surface area contributed by atoms with E-state index in [1.165, 1.54) is 7.11 Å². The van der Waals surface area contributed by atoms with E-state index in [9.17, 15) is 10.4 Å². The van der Waals surface area contributed by atoms with Gasteiger partial charge in [0.15, 0.2) is 11.5 Å². The number of hydrogen-bond acceptors (Lipinski definition) is 4. The molecule has 5 nitrogen and oxygen atoms in total. The second-order valence-corrected chi connectivity index (χ2v) is 5.23. The van der Waals surface area contributed by atoms with Gasteiger partial charge in [-0.1, -0.05) is 23.7 Å². The molecule has 0 aliphatic heterocycles. The van der Waals surface area contributed by atoms with Crippen molar-refractivity contribution >= 4 is 34.3 Å². The first-order valence-corrected chi connectivity index (χ1v) is 7.13. The third-order valence-electron chi connectivity index (χ3n) is 3.35. The summed E-state index contributed by atoms with van der Waals surface area (Å²) in [6.45, 7) is 0. The molecule has 2 N–H and O–H groups in total. The molecule has 0 saturated heterocycles. The van der Waals surface area contributed by atoms with Gasteiger partial charge in [-0.15, -0.1) is 0 Å². The average molecular weight is 326 g/mol. The number of halogens is 1. The van der Waals surface area contributed by atoms with Crippen LogP contribution in [0, 0.1) is 11.3 Å². The van der Waals surface area contributed by atoms with Gasteiger partial charge in [-0.3, -0.25) is 0 Å². The van der Waals surface area contributed by atoms with Crippen LogP contribution in [0.5, 0.6) is 11.5 Å². The molecule has 0 amide bonds. The minimum absolute atomic E-state index is 0.131. The molecule has 2 aromatic carbocycles. The fraction of sp³-hybridized carbons (Fsp3) is 0.0588. The summed E-state index contributed by atoms with van der Waals surface area (Å²) in [5, 5.41) is 19.3. The number of aromatic amines is 1. The summed E-state index contributed by atoms with van der Waals surface area (Å²) in [7, 11) is 1.43. The van der Waals surface area contributed by atoms with Crippen LogP contribution in [0.4, 0.5) is 0 Å². The number of hydrogen-bond donors (Lipinski definition) is 2. The van der Waals surface area contributed by atoms with Crippen molar-refractivity contribution < 1.29 is 9.84 Å². The van der Waals surface area contributed by atoms with Crippen LogP contribution in [0.15, 0.2) is 36.4 Å². The lowest BCUT2D eigenvalue weighted by Crippen LogP contribution is -1.88. The second kappa shape index (κ2) is 6.03. The van der Waals surface area contributed by atoms with E-state index in [4.69, 9.17) is 16.3 Å². The predicted molar refractivity (Wildman–Crippen MR) is 89.2 cm³/mol. The van der Waals surface area contributed by atoms with Crippen LogP contribution in [0.2, 0.25) is 5.02 Å². The summed E-state index contributed by atoms with van der Waals surface area (Å²) in [5.74, 6) is 0.580. The standard InChI is InChI=1S/C17H12ClN3O2/c1-23-15-8-10(7-12(18)16(15)22)6-11(9-19)17-20-13-4-2-3-5-14(13)21-17/h2-8,22H,1H3,(H,20,21)/b11-6+. The zero-order valence-electron chi connectivity index (χ0n) is 12.2. The Kier molecular flexibility index (Phi) is 3.92. The van der Waals surface area contributed by atoms with Crippen molar-refractivity contribution in [3.8, 4) is 17.6 Å². The Bertz CT molecular complexity index is 921. The fourth-order valence-electron chi connectivity index (χ4n) is 2.23. The van der Waals surface area contributed by atoms with Crippen molar-refractivity contribution in [3.63, 3.8) is 0 Å². The first-order valence-electron chi connectivity index (χ1n) is 6.76. The van der Waals surface area contributed by atoms with Crippen LogP contribution in [0.25, 0.3) is 22.7 Å². The number of aromatic hydroxyl groups is 1. The molecule has 0 aliphatic rings. The van der Waals surface area contributed by atoms with E-state index in [-0.39, 0.29) is 16.5 Å². The van der Waals surface area contributed by atoms with Crippen molar-refractivity contribution in [2.24, 2.45) is 0 Å². The number of rotatable bonds is 3. The first-order chi connectivity index (χ1) is 11.1. The van der Waals surface area contributed by atoms with E-state index in [0.29, 0.717) is 17.0 Å². The molecular weight excluding hydrogens is 314 g/mol. The molecule has 3 rings (SSSR count). The molecule has 0 saturated carbocycles. The number of aromatic nitrogens is 2. The van der Waals surface area contributed by atoms with Crippen LogP contribution in [-0.4, -0.2) is 22.2 Å². The molecule has 0 spiro atoms. The summed E-state index contributed by atoms with van der Waals surface area (Å²) in [4.78, 5) is 7.51. The number of imidazole rings is 1. The van der Waals surface area contributed by atoms with Crippen molar-refractivity contribution in [1.29, 1.82) is 5.26 Å². The molecule has 0 radical (unpaired) electrons. The maximum Gasteiger partial charge on any atom is 0.176 e. The quantitative estimate of drug-likeness (QED) is 0.713. The lowest BCUT2D eigenvalue weighted by Gasteiger charge is -2.06. The van der Waals surface area contributed by atoms with Crippen molar-refractivity contribution in [1.82, 2.24) is 9.97 Å². The summed E-state index contributed by atoms with van der Waals surface area (Å²) >= 11 is 5.97. The number of nitriles is 1. The highest BCUT2D eigenvalue weighted by molar-refractivity contribution is 6.32. The third kappa shape index (κ3) is 2.85. The minimum atomic E-state index is -0.131. The number of allylic oxidation sites excluding steroid dienone is 1. The number of H-pyrrole nitrogens is 1. The molecule has 114 valence electrons. The number of phenols is 1. The Hall–Kier alpha value is -2.97. The summed E-state index contributed by atoms with van der Waals surface area (Å²) < 4.78 is 5.07. The van der Waals surface area contributed by atoms with Gasteiger partial charge in [0.25, 0.3) is 0 Å². The Morgan fingerprint density at radius 2 is 2.17 bits per heavy atom. The van der Waals surface area contributed by atoms with Gasteiger partial charge in [0.05, 0.1) is 28.7 Å². The molecule has 0 fully saturated rings. The lowest BCUT2D eigenvalue weighted by atomic mass is 10.1. The number of para-hydroxylation sites is 2. The number of phenolic OH excluding ortho intramolecular Hbond substituents is 1. The normalized spacial score (nSPS) is 11.4. The Morgan fingerprint density at radius 3 is 2.87 bits per heavy atom. The van der Waals surface area contributed by atoms with E-state index in [2.05, 4.69) is 16.0 Å². The first kappa shape index (κ1) is 14.9. The van der Waals surface area contributed by atoms with Gasteiger partial charge >= 0.3 is 0 Å². The molecule has 1 heterocycles. The summed E-state index contributed by atoms with van der Waals surface area (Å²) in [6.07, 6.45) is 1.63. The molecule has 0 atom stereocenters. The smallest absolute Gasteiger partial charge is 0.176 e. The van der Waals surface area contributed by atoms with Gasteiger partial charge in [0.2, 0.25) is 0 Å². The fourth-order valence-corrected chi connectivity index (χ4v) is 2.45. The topological polar surface area (TPSA) is 81.9 Å². The van der Waals surface area contributed by atoms with Gasteiger partial charge in [-0.2, -0.15) is 5.26 Å². The van der Waals surface area contributed by atoms with Crippen LogP contribution in [-0.2, 0) is 0 Å². The highest BCUT2D eigenvalue weighted by Crippen LogP contribution is 2.35. The molecule has 6 heteroatoms. The van der Waals surface area contributed by atoms with Crippen LogP contribution < -0.4 is 4.74 Å². The summed E-state index contributed by atoms with van der Waals surface area (Å²) in [5.41, 5.74) is 2.61. The van der Waals surface area contributed by atoms with Gasteiger partial charge in [0, 0.05) is 0 Å². The number of ether oxygens (including phenoxy) is 1. The monoisotopic (exact) mass is 325 g/mol. The Morgan fingerprint density at radius 1 is 1.39 bits per heavy atom. The summed E-state index contributed by atoms with van der Waals surface area (Å²) in [6, 6.07) is 12.8. The number of fused-ring (bicyclic) bond motifs is 1. The zero-order valence-corrected chi connectivity index (χ0v) is 12.9. The van der Waals surface area contributed by atoms with Gasteiger partial charge in [-0.25, -0.2) is 4.98 Å². The number of methoxy groups -OCH3 is 1. The van der Waals surface area contributed by atoms with E-state index in [1.54, 1.807) is 18.2 Å². The highest BCUT2D eigenvalue weighted by atomic mass is 35.5. The number of nitrogens with one attached hydrogen (secondary N) is 1. The average Bonchev–Trinajstić information content (AvgIpc) is 2.99. The van der Waals surface area contributed by atoms with E-state index in [0.717, 1.165) is 11.0 Å². The molecule has 23 heavy (non-hydrogen) atoms.